The Morgan fingerprint density at radius 2 is 1.73 bits per heavy atom. The highest BCUT2D eigenvalue weighted by Crippen LogP contribution is 2.28. The number of para-hydroxylation sites is 1. The normalized spacial score (nSPS) is 14.9. The molecule has 30 heavy (non-hydrogen) atoms. The van der Waals surface area contributed by atoms with Crippen LogP contribution in [0.1, 0.15) is 21.6 Å². The Kier molecular flexibility index (Phi) is 5.19. The lowest BCUT2D eigenvalue weighted by Gasteiger charge is -2.35. The van der Waals surface area contributed by atoms with Crippen molar-refractivity contribution >= 4 is 22.7 Å². The Morgan fingerprint density at radius 1 is 1.03 bits per heavy atom. The van der Waals surface area contributed by atoms with Crippen LogP contribution in [0.25, 0.3) is 10.9 Å². The van der Waals surface area contributed by atoms with Crippen LogP contribution in [-0.2, 0) is 17.4 Å². The van der Waals surface area contributed by atoms with E-state index in [0.29, 0.717) is 13.1 Å². The molecule has 0 bridgehead atoms. The number of fused-ring (bicyclic) bond motifs is 1. The van der Waals surface area contributed by atoms with Crippen LogP contribution < -0.4 is 0 Å². The van der Waals surface area contributed by atoms with Crippen molar-refractivity contribution in [1.82, 2.24) is 19.8 Å². The molecular formula is C21H19F3N4O2. The molecule has 2 amide bonds. The standard InChI is InChI=1S/C21H19F3N4O2/c22-21(23,24)18-11-14(5-6-25-18)20(30)28-9-7-27(8-10-28)19(29)12-15-13-26-17-4-2-1-3-16(15)17/h1-6,11,13,26H,7-10,12H2. The van der Waals surface area contributed by atoms with Crippen LogP contribution in [0.15, 0.2) is 48.8 Å². The van der Waals surface area contributed by atoms with Crippen LogP contribution >= 0.6 is 0 Å². The number of carbonyl (C=O) groups is 2. The maximum absolute atomic E-state index is 12.8. The second kappa shape index (κ2) is 7.81. The van der Waals surface area contributed by atoms with Crippen LogP contribution in [0, 0.1) is 0 Å². The number of H-pyrrole nitrogens is 1. The quantitative estimate of drug-likeness (QED) is 0.713. The van der Waals surface area contributed by atoms with Gasteiger partial charge in [0, 0.05) is 55.0 Å². The van der Waals surface area contributed by atoms with Crippen LogP contribution in [-0.4, -0.2) is 57.8 Å². The Hall–Kier alpha value is -3.36. The van der Waals surface area contributed by atoms with Gasteiger partial charge in [-0.05, 0) is 23.8 Å². The average Bonchev–Trinajstić information content (AvgIpc) is 3.16. The Balaban J connectivity index is 1.38. The van der Waals surface area contributed by atoms with Gasteiger partial charge in [0.25, 0.3) is 5.91 Å². The minimum atomic E-state index is -4.61. The van der Waals surface area contributed by atoms with Crippen molar-refractivity contribution in [2.45, 2.75) is 12.6 Å². The lowest BCUT2D eigenvalue weighted by molar-refractivity contribution is -0.141. The van der Waals surface area contributed by atoms with Gasteiger partial charge in [0.15, 0.2) is 0 Å². The fourth-order valence-electron chi connectivity index (χ4n) is 3.61. The van der Waals surface area contributed by atoms with Crippen molar-refractivity contribution in [2.75, 3.05) is 26.2 Å². The summed E-state index contributed by atoms with van der Waals surface area (Å²) in [6.07, 6.45) is -1.55. The Bertz CT molecular complexity index is 1090. The molecule has 1 N–H and O–H groups in total. The Morgan fingerprint density at radius 3 is 2.47 bits per heavy atom. The fourth-order valence-corrected chi connectivity index (χ4v) is 3.61. The van der Waals surface area contributed by atoms with Gasteiger partial charge in [-0.2, -0.15) is 13.2 Å². The van der Waals surface area contributed by atoms with E-state index in [2.05, 4.69) is 9.97 Å². The smallest absolute Gasteiger partial charge is 0.361 e. The summed E-state index contributed by atoms with van der Waals surface area (Å²) < 4.78 is 38.5. The van der Waals surface area contributed by atoms with Crippen molar-refractivity contribution < 1.29 is 22.8 Å². The Labute approximate surface area is 170 Å². The largest absolute Gasteiger partial charge is 0.433 e. The zero-order valence-corrected chi connectivity index (χ0v) is 15.9. The van der Waals surface area contributed by atoms with Gasteiger partial charge in [0.05, 0.1) is 6.42 Å². The van der Waals surface area contributed by atoms with Crippen LogP contribution in [0.5, 0.6) is 0 Å². The summed E-state index contributed by atoms with van der Waals surface area (Å²) >= 11 is 0. The van der Waals surface area contributed by atoms with Crippen molar-refractivity contribution in [1.29, 1.82) is 0 Å². The third-order valence-electron chi connectivity index (χ3n) is 5.23. The van der Waals surface area contributed by atoms with Gasteiger partial charge >= 0.3 is 6.18 Å². The number of nitrogens with zero attached hydrogens (tertiary/aromatic N) is 3. The monoisotopic (exact) mass is 416 g/mol. The van der Waals surface area contributed by atoms with E-state index in [1.165, 1.54) is 11.0 Å². The third-order valence-corrected chi connectivity index (χ3v) is 5.23. The van der Waals surface area contributed by atoms with E-state index in [4.69, 9.17) is 0 Å². The molecule has 156 valence electrons. The second-order valence-electron chi connectivity index (χ2n) is 7.14. The van der Waals surface area contributed by atoms with Gasteiger partial charge in [-0.3, -0.25) is 14.6 Å². The molecule has 3 heterocycles. The molecule has 1 saturated heterocycles. The van der Waals surface area contributed by atoms with Crippen molar-refractivity contribution in [2.24, 2.45) is 0 Å². The number of pyridine rings is 1. The molecular weight excluding hydrogens is 397 g/mol. The molecule has 0 unspecified atom stereocenters. The molecule has 0 aliphatic carbocycles. The van der Waals surface area contributed by atoms with Crippen molar-refractivity contribution in [3.05, 3.63) is 65.6 Å². The topological polar surface area (TPSA) is 69.3 Å². The predicted molar refractivity (Wildman–Crippen MR) is 104 cm³/mol. The number of halogens is 3. The fraction of sp³-hybridized carbons (Fsp3) is 0.286. The first-order chi connectivity index (χ1) is 14.3. The summed E-state index contributed by atoms with van der Waals surface area (Å²) in [5, 5.41) is 0.998. The van der Waals surface area contributed by atoms with Crippen molar-refractivity contribution in [3.8, 4) is 0 Å². The van der Waals surface area contributed by atoms with Gasteiger partial charge in [-0.15, -0.1) is 0 Å². The molecule has 0 radical (unpaired) electrons. The van der Waals surface area contributed by atoms with Gasteiger partial charge in [0.1, 0.15) is 5.69 Å². The van der Waals surface area contributed by atoms with Crippen LogP contribution in [0.4, 0.5) is 13.2 Å². The number of aromatic nitrogens is 2. The predicted octanol–water partition coefficient (Wildman–Crippen LogP) is 3.11. The molecule has 0 spiro atoms. The average molecular weight is 416 g/mol. The van der Waals surface area contributed by atoms with Crippen LogP contribution in [0.3, 0.4) is 0 Å². The molecule has 1 aliphatic heterocycles. The summed E-state index contributed by atoms with van der Waals surface area (Å²) in [5.41, 5.74) is 0.716. The van der Waals surface area contributed by atoms with E-state index >= 15 is 0 Å². The highest BCUT2D eigenvalue weighted by atomic mass is 19.4. The summed E-state index contributed by atoms with van der Waals surface area (Å²) in [6.45, 7) is 1.21. The number of aromatic amines is 1. The highest BCUT2D eigenvalue weighted by molar-refractivity contribution is 5.94. The minimum absolute atomic E-state index is 0.0462. The van der Waals surface area contributed by atoms with E-state index in [-0.39, 0.29) is 31.0 Å². The molecule has 3 aromatic rings. The first-order valence-corrected chi connectivity index (χ1v) is 9.48. The summed E-state index contributed by atoms with van der Waals surface area (Å²) in [5.74, 6) is -0.540. The number of benzene rings is 1. The van der Waals surface area contributed by atoms with Crippen molar-refractivity contribution in [3.63, 3.8) is 0 Å². The van der Waals surface area contributed by atoms with E-state index in [0.717, 1.165) is 28.7 Å². The van der Waals surface area contributed by atoms with Gasteiger partial charge < -0.3 is 14.8 Å². The molecule has 9 heteroatoms. The molecule has 4 rings (SSSR count). The zero-order chi connectivity index (χ0) is 21.3. The molecule has 2 aromatic heterocycles. The highest BCUT2D eigenvalue weighted by Gasteiger charge is 2.33. The SMILES string of the molecule is O=C(Cc1c[nH]c2ccccc12)N1CCN(C(=O)c2ccnc(C(F)(F)F)c2)CC1. The number of piperazine rings is 1. The zero-order valence-electron chi connectivity index (χ0n) is 15.9. The van der Waals surface area contributed by atoms with Crippen LogP contribution in [0.2, 0.25) is 0 Å². The minimum Gasteiger partial charge on any atom is -0.361 e. The second-order valence-corrected chi connectivity index (χ2v) is 7.14. The molecule has 0 atom stereocenters. The molecule has 1 aliphatic rings. The molecule has 0 saturated carbocycles. The summed E-state index contributed by atoms with van der Waals surface area (Å²) in [7, 11) is 0. The number of carbonyl (C=O) groups excluding carboxylic acids is 2. The number of alkyl halides is 3. The van der Waals surface area contributed by atoms with E-state index in [1.807, 2.05) is 30.5 Å². The third kappa shape index (κ3) is 4.00. The summed E-state index contributed by atoms with van der Waals surface area (Å²) in [6, 6.07) is 9.76. The lowest BCUT2D eigenvalue weighted by Crippen LogP contribution is -2.51. The van der Waals surface area contributed by atoms with E-state index in [9.17, 15) is 22.8 Å². The molecule has 6 nitrogen and oxygen atoms in total. The maximum atomic E-state index is 12.8. The molecule has 1 fully saturated rings. The van der Waals surface area contributed by atoms with Gasteiger partial charge in [-0.25, -0.2) is 0 Å². The number of hydrogen-bond acceptors (Lipinski definition) is 3. The first-order valence-electron chi connectivity index (χ1n) is 9.48. The lowest BCUT2D eigenvalue weighted by atomic mass is 10.1. The summed E-state index contributed by atoms with van der Waals surface area (Å²) in [4.78, 5) is 34.8. The first kappa shape index (κ1) is 19.9. The number of rotatable bonds is 3. The van der Waals surface area contributed by atoms with E-state index < -0.39 is 17.8 Å². The van der Waals surface area contributed by atoms with Gasteiger partial charge in [0.2, 0.25) is 5.91 Å². The maximum Gasteiger partial charge on any atom is 0.433 e. The van der Waals surface area contributed by atoms with E-state index in [1.54, 1.807) is 4.90 Å². The number of nitrogens with one attached hydrogen (secondary N) is 1. The molecule has 1 aromatic carbocycles. The number of hydrogen-bond donors (Lipinski definition) is 1. The number of amides is 2. The van der Waals surface area contributed by atoms with Gasteiger partial charge in [-0.1, -0.05) is 18.2 Å².